The lowest BCUT2D eigenvalue weighted by atomic mass is 9.74. The number of fused-ring (bicyclic) bond motifs is 2. The predicted molar refractivity (Wildman–Crippen MR) is 116 cm³/mol. The standard InChI is InChI=1S/C26H17F4N3O/c1-32-25-18(3-2-8-33-25)17-5-4-15(20-11-26(29,30)24(34)23(17)20)16-6-7-21(28)19-10-14(27)9-13(12-31)22(16)19/h2-5,8-10,16,21,24,34H,6-7,11H2/t16-,21+,24+/m1/s1. The Morgan fingerprint density at radius 2 is 1.91 bits per heavy atom. The smallest absolute Gasteiger partial charge is 0.281 e. The van der Waals surface area contributed by atoms with Crippen molar-refractivity contribution in [3.63, 3.8) is 0 Å². The van der Waals surface area contributed by atoms with Gasteiger partial charge in [0.2, 0.25) is 0 Å². The van der Waals surface area contributed by atoms with Crippen LogP contribution < -0.4 is 0 Å². The first-order valence-electron chi connectivity index (χ1n) is 10.7. The molecule has 3 aromatic rings. The predicted octanol–water partition coefficient (Wildman–Crippen LogP) is 6.47. The lowest BCUT2D eigenvalue weighted by Gasteiger charge is -2.31. The van der Waals surface area contributed by atoms with Gasteiger partial charge in [-0.05, 0) is 64.4 Å². The maximum Gasteiger partial charge on any atom is 0.281 e. The first-order valence-corrected chi connectivity index (χ1v) is 10.7. The molecule has 4 nitrogen and oxygen atoms in total. The van der Waals surface area contributed by atoms with Crippen molar-refractivity contribution in [2.45, 2.75) is 43.4 Å². The van der Waals surface area contributed by atoms with E-state index >= 15 is 0 Å². The van der Waals surface area contributed by atoms with Gasteiger partial charge in [0.05, 0.1) is 11.6 Å². The molecule has 0 saturated carbocycles. The second-order valence-corrected chi connectivity index (χ2v) is 8.59. The Morgan fingerprint density at radius 1 is 1.12 bits per heavy atom. The number of halogens is 4. The summed E-state index contributed by atoms with van der Waals surface area (Å²) in [6, 6.07) is 10.3. The number of rotatable bonds is 2. The van der Waals surface area contributed by atoms with E-state index in [-0.39, 0.29) is 46.5 Å². The molecule has 0 bridgehead atoms. The Balaban J connectivity index is 1.77. The number of aliphatic hydroxyl groups excluding tert-OH is 1. The summed E-state index contributed by atoms with van der Waals surface area (Å²) in [5.74, 6) is -4.78. The van der Waals surface area contributed by atoms with Gasteiger partial charge >= 0.3 is 0 Å². The number of hydrogen-bond donors (Lipinski definition) is 1. The third-order valence-corrected chi connectivity index (χ3v) is 6.73. The number of aliphatic hydroxyl groups is 1. The average molecular weight is 463 g/mol. The van der Waals surface area contributed by atoms with Gasteiger partial charge in [0.25, 0.3) is 11.7 Å². The highest BCUT2D eigenvalue weighted by Gasteiger charge is 2.50. The molecule has 0 amide bonds. The lowest BCUT2D eigenvalue weighted by Crippen LogP contribution is -2.22. The number of alkyl halides is 3. The SMILES string of the molecule is [C-]#[N+]c1ncccc1-c1ccc([C@H]2CC[C@H](F)c3cc(F)cc(C#N)c32)c2c1[C@H](O)C(F)(F)C2. The van der Waals surface area contributed by atoms with Gasteiger partial charge in [-0.2, -0.15) is 5.26 Å². The quantitative estimate of drug-likeness (QED) is 0.350. The van der Waals surface area contributed by atoms with E-state index in [0.29, 0.717) is 16.7 Å². The number of benzene rings is 2. The van der Waals surface area contributed by atoms with Crippen molar-refractivity contribution in [1.82, 2.24) is 4.98 Å². The van der Waals surface area contributed by atoms with Crippen LogP contribution in [0.2, 0.25) is 0 Å². The summed E-state index contributed by atoms with van der Waals surface area (Å²) in [4.78, 5) is 7.38. The minimum atomic E-state index is -3.45. The van der Waals surface area contributed by atoms with Gasteiger partial charge in [-0.25, -0.2) is 17.6 Å². The molecule has 2 aliphatic rings. The molecule has 8 heteroatoms. The monoisotopic (exact) mass is 463 g/mol. The van der Waals surface area contributed by atoms with Gasteiger partial charge < -0.3 is 9.95 Å². The van der Waals surface area contributed by atoms with Crippen molar-refractivity contribution in [2.24, 2.45) is 0 Å². The normalized spacial score (nSPS) is 22.4. The van der Waals surface area contributed by atoms with Crippen LogP contribution in [0.3, 0.4) is 0 Å². The van der Waals surface area contributed by atoms with Crippen LogP contribution in [0.1, 0.15) is 64.4 Å². The van der Waals surface area contributed by atoms with Gasteiger partial charge in [-0.3, -0.25) is 0 Å². The van der Waals surface area contributed by atoms with Gasteiger partial charge in [0, 0.05) is 17.9 Å². The fourth-order valence-corrected chi connectivity index (χ4v) is 5.30. The fraction of sp³-hybridized carbons (Fsp3) is 0.269. The molecule has 0 fully saturated rings. The molecule has 0 unspecified atom stereocenters. The third kappa shape index (κ3) is 3.26. The molecule has 2 aromatic carbocycles. The third-order valence-electron chi connectivity index (χ3n) is 6.73. The van der Waals surface area contributed by atoms with Crippen LogP contribution >= 0.6 is 0 Å². The van der Waals surface area contributed by atoms with Gasteiger partial charge in [-0.1, -0.05) is 24.8 Å². The molecule has 0 spiro atoms. The summed E-state index contributed by atoms with van der Waals surface area (Å²) in [5.41, 5.74) is 1.57. The molecule has 34 heavy (non-hydrogen) atoms. The Morgan fingerprint density at radius 3 is 2.65 bits per heavy atom. The van der Waals surface area contributed by atoms with Gasteiger partial charge in [0.1, 0.15) is 24.3 Å². The summed E-state index contributed by atoms with van der Waals surface area (Å²) in [7, 11) is 0. The minimum absolute atomic E-state index is 0.00458. The molecular formula is C26H17F4N3O. The fourth-order valence-electron chi connectivity index (χ4n) is 5.30. The molecule has 1 N–H and O–H groups in total. The molecule has 1 heterocycles. The zero-order chi connectivity index (χ0) is 24.2. The zero-order valence-electron chi connectivity index (χ0n) is 17.7. The van der Waals surface area contributed by atoms with Crippen LogP contribution in [-0.2, 0) is 6.42 Å². The number of hydrogen-bond acceptors (Lipinski definition) is 3. The summed E-state index contributed by atoms with van der Waals surface area (Å²) in [5, 5.41) is 20.2. The highest BCUT2D eigenvalue weighted by atomic mass is 19.3. The maximum absolute atomic E-state index is 14.8. The van der Waals surface area contributed by atoms with Crippen molar-refractivity contribution in [3.8, 4) is 17.2 Å². The number of nitriles is 1. The van der Waals surface area contributed by atoms with Crippen LogP contribution in [0.4, 0.5) is 23.4 Å². The summed E-state index contributed by atoms with van der Waals surface area (Å²) in [6.45, 7) is 7.38. The molecule has 5 rings (SSSR count). The second kappa shape index (κ2) is 7.93. The van der Waals surface area contributed by atoms with Gasteiger partial charge in [0.15, 0.2) is 0 Å². The molecule has 2 aliphatic carbocycles. The topological polar surface area (TPSA) is 61.3 Å². The minimum Gasteiger partial charge on any atom is -0.382 e. The molecule has 1 aromatic heterocycles. The van der Waals surface area contributed by atoms with Crippen LogP contribution in [0.15, 0.2) is 42.6 Å². The van der Waals surface area contributed by atoms with E-state index in [2.05, 4.69) is 9.83 Å². The molecule has 0 radical (unpaired) electrons. The number of pyridine rings is 1. The largest absolute Gasteiger partial charge is 0.382 e. The van der Waals surface area contributed by atoms with Crippen LogP contribution in [0, 0.1) is 23.7 Å². The first-order chi connectivity index (χ1) is 16.3. The van der Waals surface area contributed by atoms with Crippen LogP contribution in [0.5, 0.6) is 0 Å². The summed E-state index contributed by atoms with van der Waals surface area (Å²) in [6.07, 6.45) is -2.60. The van der Waals surface area contributed by atoms with Crippen LogP contribution in [-0.4, -0.2) is 16.0 Å². The molecular weight excluding hydrogens is 446 g/mol. The van der Waals surface area contributed by atoms with Crippen molar-refractivity contribution in [1.29, 1.82) is 5.26 Å². The molecule has 170 valence electrons. The van der Waals surface area contributed by atoms with Crippen molar-refractivity contribution in [2.75, 3.05) is 0 Å². The molecule has 3 atom stereocenters. The van der Waals surface area contributed by atoms with Crippen LogP contribution in [0.25, 0.3) is 16.0 Å². The highest BCUT2D eigenvalue weighted by Crippen LogP contribution is 2.53. The molecule has 0 aliphatic heterocycles. The van der Waals surface area contributed by atoms with Gasteiger partial charge in [-0.15, -0.1) is 4.98 Å². The average Bonchev–Trinajstić information content (AvgIpc) is 3.07. The van der Waals surface area contributed by atoms with E-state index in [1.165, 1.54) is 6.20 Å². The Bertz CT molecular complexity index is 1410. The van der Waals surface area contributed by atoms with E-state index in [9.17, 15) is 27.9 Å². The van der Waals surface area contributed by atoms with E-state index in [1.807, 2.05) is 6.07 Å². The Hall–Kier alpha value is -3.75. The van der Waals surface area contributed by atoms with E-state index < -0.39 is 36.4 Å². The Kier molecular flexibility index (Phi) is 5.15. The first kappa shape index (κ1) is 22.1. The van der Waals surface area contributed by atoms with Crippen molar-refractivity contribution < 1.29 is 22.7 Å². The number of nitrogens with zero attached hydrogens (tertiary/aromatic N) is 3. The maximum atomic E-state index is 14.8. The summed E-state index contributed by atoms with van der Waals surface area (Å²) >= 11 is 0. The van der Waals surface area contributed by atoms with E-state index in [0.717, 1.165) is 12.1 Å². The number of aromatic nitrogens is 1. The van der Waals surface area contributed by atoms with Crippen molar-refractivity contribution in [3.05, 3.63) is 93.2 Å². The highest BCUT2D eigenvalue weighted by molar-refractivity contribution is 5.80. The second-order valence-electron chi connectivity index (χ2n) is 8.59. The van der Waals surface area contributed by atoms with E-state index in [1.54, 1.807) is 24.3 Å². The molecule has 0 saturated heterocycles. The summed E-state index contributed by atoms with van der Waals surface area (Å²) < 4.78 is 58.4. The van der Waals surface area contributed by atoms with Crippen molar-refractivity contribution >= 4 is 5.82 Å². The zero-order valence-corrected chi connectivity index (χ0v) is 17.7. The Labute approximate surface area is 192 Å². The lowest BCUT2D eigenvalue weighted by molar-refractivity contribution is -0.0966. The van der Waals surface area contributed by atoms with E-state index in [4.69, 9.17) is 6.57 Å².